The molecule has 0 heterocycles. The van der Waals surface area contributed by atoms with Crippen molar-refractivity contribution in [3.8, 4) is 0 Å². The van der Waals surface area contributed by atoms with Gasteiger partial charge in [0.25, 0.3) is 0 Å². The van der Waals surface area contributed by atoms with E-state index >= 15 is 0 Å². The van der Waals surface area contributed by atoms with Crippen molar-refractivity contribution in [1.29, 1.82) is 0 Å². The molecule has 2 nitrogen and oxygen atoms in total. The molecule has 0 aliphatic heterocycles. The van der Waals surface area contributed by atoms with E-state index in [0.717, 1.165) is 5.57 Å². The van der Waals surface area contributed by atoms with Gasteiger partial charge < -0.3 is 4.74 Å². The Hall–Kier alpha value is -0.890. The Labute approximate surface area is 66.5 Å². The number of hydrogen-bond acceptors (Lipinski definition) is 2. The number of ether oxygens (including phenoxy) is 1. The quantitative estimate of drug-likeness (QED) is 0.532. The van der Waals surface area contributed by atoms with Crippen LogP contribution in [0.25, 0.3) is 0 Å². The van der Waals surface area contributed by atoms with Gasteiger partial charge in [0.05, 0.1) is 0 Å². The highest BCUT2D eigenvalue weighted by atomic mass is 16.5. The maximum absolute atomic E-state index is 11.2. The van der Waals surface area contributed by atoms with Crippen molar-refractivity contribution in [3.05, 3.63) is 23.8 Å². The van der Waals surface area contributed by atoms with Crippen LogP contribution < -0.4 is 0 Å². The lowest BCUT2D eigenvalue weighted by Gasteiger charge is -2.20. The molecule has 0 fully saturated rings. The summed E-state index contributed by atoms with van der Waals surface area (Å²) >= 11 is 0. The molecule has 11 heavy (non-hydrogen) atoms. The highest BCUT2D eigenvalue weighted by Gasteiger charge is 2.36. The first kappa shape index (κ1) is 8.21. The van der Waals surface area contributed by atoms with E-state index in [1.807, 2.05) is 6.92 Å². The molecule has 0 aromatic rings. The van der Waals surface area contributed by atoms with Crippen molar-refractivity contribution in [2.75, 3.05) is 7.11 Å². The fourth-order valence-corrected chi connectivity index (χ4v) is 1.21. The van der Waals surface area contributed by atoms with Gasteiger partial charge in [0.2, 0.25) is 0 Å². The molecule has 2 heteroatoms. The summed E-state index contributed by atoms with van der Waals surface area (Å²) in [6.45, 7) is 7.30. The van der Waals surface area contributed by atoms with Crippen LogP contribution in [0.5, 0.6) is 0 Å². The number of Topliss-reactive ketones (excluding diaryl/α,β-unsaturated/α-hetero) is 1. The Balaban J connectivity index is 3.07. The minimum absolute atomic E-state index is 0.00866. The van der Waals surface area contributed by atoms with Crippen molar-refractivity contribution in [2.24, 2.45) is 0 Å². The molecule has 0 saturated carbocycles. The Kier molecular flexibility index (Phi) is 1.72. The fraction of sp³-hybridized carbons (Fsp3) is 0.444. The van der Waals surface area contributed by atoms with E-state index in [9.17, 15) is 4.79 Å². The van der Waals surface area contributed by atoms with Crippen LogP contribution in [0.2, 0.25) is 0 Å². The van der Waals surface area contributed by atoms with Gasteiger partial charge >= 0.3 is 0 Å². The van der Waals surface area contributed by atoms with Gasteiger partial charge in [0.1, 0.15) is 5.60 Å². The highest BCUT2D eigenvalue weighted by Crippen LogP contribution is 2.31. The number of allylic oxidation sites excluding steroid dienone is 1. The number of hydrogen-bond donors (Lipinski definition) is 0. The zero-order valence-corrected chi connectivity index (χ0v) is 7.10. The second-order valence-electron chi connectivity index (χ2n) is 2.95. The van der Waals surface area contributed by atoms with Crippen LogP contribution in [-0.2, 0) is 9.53 Å². The zero-order valence-electron chi connectivity index (χ0n) is 7.10. The lowest BCUT2D eigenvalue weighted by molar-refractivity contribution is -0.112. The number of rotatable bonds is 1. The van der Waals surface area contributed by atoms with Crippen LogP contribution in [0.1, 0.15) is 13.8 Å². The molecule has 1 aliphatic carbocycles. The number of carbonyl (C=O) groups excluding carboxylic acids is 1. The van der Waals surface area contributed by atoms with Gasteiger partial charge in [-0.25, -0.2) is 0 Å². The fourth-order valence-electron chi connectivity index (χ4n) is 1.21. The number of ketones is 1. The Morgan fingerprint density at radius 2 is 2.18 bits per heavy atom. The van der Waals surface area contributed by atoms with Crippen LogP contribution in [0.15, 0.2) is 23.8 Å². The summed E-state index contributed by atoms with van der Waals surface area (Å²) < 4.78 is 5.15. The summed E-state index contributed by atoms with van der Waals surface area (Å²) in [6, 6.07) is 0. The van der Waals surface area contributed by atoms with E-state index in [1.54, 1.807) is 20.1 Å². The van der Waals surface area contributed by atoms with Gasteiger partial charge in [0.15, 0.2) is 5.78 Å². The van der Waals surface area contributed by atoms with E-state index in [0.29, 0.717) is 5.57 Å². The molecule has 0 radical (unpaired) electrons. The minimum atomic E-state index is -0.568. The molecule has 0 saturated heterocycles. The molecule has 60 valence electrons. The smallest absolute Gasteiger partial charge is 0.187 e. The first-order valence-electron chi connectivity index (χ1n) is 3.50. The zero-order chi connectivity index (χ0) is 8.65. The van der Waals surface area contributed by atoms with E-state index in [-0.39, 0.29) is 5.78 Å². The van der Waals surface area contributed by atoms with Crippen LogP contribution in [0, 0.1) is 0 Å². The molecule has 0 aromatic heterocycles. The van der Waals surface area contributed by atoms with E-state index in [1.165, 1.54) is 0 Å². The average molecular weight is 152 g/mol. The normalized spacial score (nSPS) is 31.0. The molecule has 1 aliphatic rings. The lowest BCUT2D eigenvalue weighted by Crippen LogP contribution is -2.25. The van der Waals surface area contributed by atoms with Crippen LogP contribution in [0.4, 0.5) is 0 Å². The van der Waals surface area contributed by atoms with E-state index < -0.39 is 5.60 Å². The second-order valence-corrected chi connectivity index (χ2v) is 2.95. The predicted molar refractivity (Wildman–Crippen MR) is 43.3 cm³/mol. The van der Waals surface area contributed by atoms with Gasteiger partial charge in [0, 0.05) is 12.7 Å². The molecule has 0 spiro atoms. The summed E-state index contributed by atoms with van der Waals surface area (Å²) in [6.07, 6.45) is 1.80. The molecular formula is C9H12O2. The van der Waals surface area contributed by atoms with E-state index in [2.05, 4.69) is 6.58 Å². The predicted octanol–water partition coefficient (Wildman–Crippen LogP) is 1.48. The molecule has 0 amide bonds. The van der Waals surface area contributed by atoms with Crippen molar-refractivity contribution in [1.82, 2.24) is 0 Å². The standard InChI is InChI=1S/C9H12O2/c1-6-5-9(3,11-4)7(2)8(6)10/h5H,2H2,1,3-4H3. The first-order valence-corrected chi connectivity index (χ1v) is 3.50. The lowest BCUT2D eigenvalue weighted by atomic mass is 10.0. The maximum Gasteiger partial charge on any atom is 0.187 e. The third-order valence-corrected chi connectivity index (χ3v) is 2.15. The van der Waals surface area contributed by atoms with Crippen LogP contribution in [-0.4, -0.2) is 18.5 Å². The monoisotopic (exact) mass is 152 g/mol. The largest absolute Gasteiger partial charge is 0.370 e. The average Bonchev–Trinajstić information content (AvgIpc) is 2.17. The Morgan fingerprint density at radius 1 is 1.64 bits per heavy atom. The molecular weight excluding hydrogens is 140 g/mol. The summed E-state index contributed by atoms with van der Waals surface area (Å²) in [5, 5.41) is 0. The number of methoxy groups -OCH3 is 1. The molecule has 1 unspecified atom stereocenters. The SMILES string of the molecule is C=C1C(=O)C(C)=CC1(C)OC. The Morgan fingerprint density at radius 3 is 2.36 bits per heavy atom. The van der Waals surface area contributed by atoms with Crippen molar-refractivity contribution in [2.45, 2.75) is 19.4 Å². The molecule has 0 aromatic carbocycles. The van der Waals surface area contributed by atoms with Crippen molar-refractivity contribution < 1.29 is 9.53 Å². The second kappa shape index (κ2) is 2.31. The van der Waals surface area contributed by atoms with Crippen molar-refractivity contribution >= 4 is 5.78 Å². The van der Waals surface area contributed by atoms with Gasteiger partial charge in [-0.05, 0) is 25.5 Å². The topological polar surface area (TPSA) is 26.3 Å². The summed E-state index contributed by atoms with van der Waals surface area (Å²) in [5.41, 5.74) is 0.679. The Bertz CT molecular complexity index is 250. The highest BCUT2D eigenvalue weighted by molar-refractivity contribution is 6.12. The third kappa shape index (κ3) is 1.03. The summed E-state index contributed by atoms with van der Waals surface area (Å²) in [4.78, 5) is 11.2. The van der Waals surface area contributed by atoms with Crippen LogP contribution in [0.3, 0.4) is 0 Å². The molecule has 1 atom stereocenters. The third-order valence-electron chi connectivity index (χ3n) is 2.15. The maximum atomic E-state index is 11.2. The summed E-state index contributed by atoms with van der Waals surface area (Å²) in [7, 11) is 1.58. The van der Waals surface area contributed by atoms with Crippen LogP contribution >= 0.6 is 0 Å². The summed E-state index contributed by atoms with van der Waals surface area (Å²) in [5.74, 6) is 0.00866. The number of carbonyl (C=O) groups is 1. The molecule has 0 bridgehead atoms. The first-order chi connectivity index (χ1) is 5.01. The van der Waals surface area contributed by atoms with Crippen molar-refractivity contribution in [3.63, 3.8) is 0 Å². The molecule has 0 N–H and O–H groups in total. The van der Waals surface area contributed by atoms with Gasteiger partial charge in [-0.1, -0.05) is 6.58 Å². The van der Waals surface area contributed by atoms with Gasteiger partial charge in [-0.2, -0.15) is 0 Å². The van der Waals surface area contributed by atoms with Gasteiger partial charge in [-0.3, -0.25) is 4.79 Å². The van der Waals surface area contributed by atoms with E-state index in [4.69, 9.17) is 4.74 Å². The molecule has 1 rings (SSSR count). The minimum Gasteiger partial charge on any atom is -0.370 e. The van der Waals surface area contributed by atoms with Gasteiger partial charge in [-0.15, -0.1) is 0 Å².